The van der Waals surface area contributed by atoms with Crippen molar-refractivity contribution in [1.29, 1.82) is 0 Å². The van der Waals surface area contributed by atoms with E-state index < -0.39 is 4.33 Å². The topological polar surface area (TPSA) is 0 Å². The molecular formula is C6H8Cl2. The molecule has 1 aliphatic rings. The van der Waals surface area contributed by atoms with Gasteiger partial charge in [-0.25, -0.2) is 0 Å². The number of allylic oxidation sites excluding steroid dienone is 2. The van der Waals surface area contributed by atoms with Gasteiger partial charge in [0.2, 0.25) is 0 Å². The summed E-state index contributed by atoms with van der Waals surface area (Å²) in [6.07, 6.45) is 4.94. The summed E-state index contributed by atoms with van der Waals surface area (Å²) in [5.41, 5.74) is 0. The van der Waals surface area contributed by atoms with Gasteiger partial charge in [0.1, 0.15) is 4.33 Å². The molecule has 0 saturated heterocycles. The van der Waals surface area contributed by atoms with Crippen LogP contribution in [0.2, 0.25) is 0 Å². The summed E-state index contributed by atoms with van der Waals surface area (Å²) in [5, 5.41) is 0. The minimum atomic E-state index is -0.424. The van der Waals surface area contributed by atoms with Crippen molar-refractivity contribution in [2.45, 2.75) is 17.7 Å². The zero-order valence-electron chi connectivity index (χ0n) is 4.70. The molecule has 0 aliphatic heterocycles. The fraction of sp³-hybridized carbons (Fsp3) is 0.667. The first-order chi connectivity index (χ1) is 3.67. The molecule has 8 heavy (non-hydrogen) atoms. The summed E-state index contributed by atoms with van der Waals surface area (Å²) >= 11 is 11.4. The third kappa shape index (κ3) is 1.18. The molecule has 0 radical (unpaired) electrons. The summed E-state index contributed by atoms with van der Waals surface area (Å²) in [7, 11) is 0. The standard InChI is InChI=1S/C6H8Cl2/c1-2-3-5-4-6(5,7)8/h2-3,5H,4H2,1H3/b3-2+. The Morgan fingerprint density at radius 1 is 1.62 bits per heavy atom. The van der Waals surface area contributed by atoms with E-state index in [-0.39, 0.29) is 0 Å². The zero-order valence-corrected chi connectivity index (χ0v) is 6.21. The van der Waals surface area contributed by atoms with Crippen molar-refractivity contribution in [2.75, 3.05) is 0 Å². The molecule has 0 aromatic heterocycles. The van der Waals surface area contributed by atoms with Gasteiger partial charge in [-0.05, 0) is 13.3 Å². The Morgan fingerprint density at radius 3 is 2.25 bits per heavy atom. The van der Waals surface area contributed by atoms with Crippen LogP contribution in [0.4, 0.5) is 0 Å². The van der Waals surface area contributed by atoms with Crippen molar-refractivity contribution in [2.24, 2.45) is 5.92 Å². The van der Waals surface area contributed by atoms with Gasteiger partial charge < -0.3 is 0 Å². The predicted molar refractivity (Wildman–Crippen MR) is 37.4 cm³/mol. The average molecular weight is 151 g/mol. The van der Waals surface area contributed by atoms with Crippen LogP contribution >= 0.6 is 23.2 Å². The minimum Gasteiger partial charge on any atom is -0.101 e. The number of hydrogen-bond donors (Lipinski definition) is 0. The summed E-state index contributed by atoms with van der Waals surface area (Å²) < 4.78 is -0.424. The minimum absolute atomic E-state index is 0.413. The maximum Gasteiger partial charge on any atom is 0.125 e. The van der Waals surface area contributed by atoms with E-state index >= 15 is 0 Å². The highest BCUT2D eigenvalue weighted by Crippen LogP contribution is 2.53. The molecule has 1 rings (SSSR count). The average Bonchev–Trinajstić information content (AvgIpc) is 2.15. The molecule has 0 heterocycles. The molecule has 1 atom stereocenters. The Morgan fingerprint density at radius 2 is 2.12 bits per heavy atom. The van der Waals surface area contributed by atoms with Crippen LogP contribution in [-0.4, -0.2) is 4.33 Å². The molecule has 1 saturated carbocycles. The molecule has 0 amide bonds. The highest BCUT2D eigenvalue weighted by molar-refractivity contribution is 6.51. The van der Waals surface area contributed by atoms with Crippen LogP contribution in [0.5, 0.6) is 0 Å². The largest absolute Gasteiger partial charge is 0.125 e. The van der Waals surface area contributed by atoms with Crippen molar-refractivity contribution in [1.82, 2.24) is 0 Å². The Kier molecular flexibility index (Phi) is 1.55. The number of halogens is 2. The second-order valence-corrected chi connectivity index (χ2v) is 3.64. The quantitative estimate of drug-likeness (QED) is 0.399. The number of alkyl halides is 2. The number of hydrogen-bond acceptors (Lipinski definition) is 0. The fourth-order valence-electron chi connectivity index (χ4n) is 0.675. The molecule has 0 nitrogen and oxygen atoms in total. The van der Waals surface area contributed by atoms with Gasteiger partial charge in [0.05, 0.1) is 0 Å². The first kappa shape index (κ1) is 6.44. The molecule has 2 heteroatoms. The van der Waals surface area contributed by atoms with Crippen molar-refractivity contribution in [3.05, 3.63) is 12.2 Å². The van der Waals surface area contributed by atoms with E-state index in [4.69, 9.17) is 23.2 Å². The van der Waals surface area contributed by atoms with Crippen molar-refractivity contribution in [3.8, 4) is 0 Å². The SMILES string of the molecule is C/C=C/C1CC1(Cl)Cl. The van der Waals surface area contributed by atoms with E-state index in [0.717, 1.165) is 6.42 Å². The molecule has 0 aromatic rings. The van der Waals surface area contributed by atoms with Crippen molar-refractivity contribution < 1.29 is 0 Å². The molecule has 1 unspecified atom stereocenters. The second-order valence-electron chi connectivity index (χ2n) is 2.10. The van der Waals surface area contributed by atoms with Gasteiger partial charge in [0.25, 0.3) is 0 Å². The van der Waals surface area contributed by atoms with E-state index in [1.807, 2.05) is 19.1 Å². The first-order valence-corrected chi connectivity index (χ1v) is 3.43. The molecule has 46 valence electrons. The van der Waals surface area contributed by atoms with Gasteiger partial charge in [-0.15, -0.1) is 23.2 Å². The monoisotopic (exact) mass is 150 g/mol. The summed E-state index contributed by atoms with van der Waals surface area (Å²) in [4.78, 5) is 0. The van der Waals surface area contributed by atoms with Gasteiger partial charge in [0.15, 0.2) is 0 Å². The van der Waals surface area contributed by atoms with Crippen LogP contribution in [0, 0.1) is 5.92 Å². The van der Waals surface area contributed by atoms with E-state index in [0.29, 0.717) is 5.92 Å². The van der Waals surface area contributed by atoms with Crippen molar-refractivity contribution >= 4 is 23.2 Å². The van der Waals surface area contributed by atoms with E-state index in [2.05, 4.69) is 0 Å². The summed E-state index contributed by atoms with van der Waals surface area (Å²) in [6.45, 7) is 1.97. The van der Waals surface area contributed by atoms with Gasteiger partial charge in [-0.1, -0.05) is 12.2 Å². The van der Waals surface area contributed by atoms with Crippen LogP contribution in [0.1, 0.15) is 13.3 Å². The lowest BCUT2D eigenvalue weighted by molar-refractivity contribution is 1.09. The lowest BCUT2D eigenvalue weighted by atomic mass is 10.4. The second kappa shape index (κ2) is 1.93. The normalized spacial score (nSPS) is 33.6. The molecule has 1 aliphatic carbocycles. The maximum absolute atomic E-state index is 5.70. The molecule has 0 aromatic carbocycles. The van der Waals surface area contributed by atoms with E-state index in [9.17, 15) is 0 Å². The highest BCUT2D eigenvalue weighted by atomic mass is 35.5. The lowest BCUT2D eigenvalue weighted by Gasteiger charge is -1.88. The molecule has 0 N–H and O–H groups in total. The van der Waals surface area contributed by atoms with Gasteiger partial charge in [-0.3, -0.25) is 0 Å². The first-order valence-electron chi connectivity index (χ1n) is 2.67. The van der Waals surface area contributed by atoms with Gasteiger partial charge in [-0.2, -0.15) is 0 Å². The lowest BCUT2D eigenvalue weighted by Crippen LogP contribution is -1.84. The van der Waals surface area contributed by atoms with Crippen LogP contribution < -0.4 is 0 Å². The zero-order chi connectivity index (χ0) is 6.20. The molecule has 0 bridgehead atoms. The van der Waals surface area contributed by atoms with E-state index in [1.54, 1.807) is 0 Å². The Hall–Kier alpha value is 0.320. The predicted octanol–water partition coefficient (Wildman–Crippen LogP) is 2.76. The Balaban J connectivity index is 2.37. The van der Waals surface area contributed by atoms with Crippen LogP contribution in [0.3, 0.4) is 0 Å². The Labute approximate surface area is 59.5 Å². The van der Waals surface area contributed by atoms with Crippen LogP contribution in [-0.2, 0) is 0 Å². The summed E-state index contributed by atoms with van der Waals surface area (Å²) in [5.74, 6) is 0.413. The maximum atomic E-state index is 5.70. The number of rotatable bonds is 1. The fourth-order valence-corrected chi connectivity index (χ4v) is 1.15. The molecular weight excluding hydrogens is 143 g/mol. The van der Waals surface area contributed by atoms with Crippen LogP contribution in [0.15, 0.2) is 12.2 Å². The molecule has 1 fully saturated rings. The van der Waals surface area contributed by atoms with Crippen molar-refractivity contribution in [3.63, 3.8) is 0 Å². The highest BCUT2D eigenvalue weighted by Gasteiger charge is 2.49. The Bertz CT molecular complexity index is 116. The van der Waals surface area contributed by atoms with Crippen LogP contribution in [0.25, 0.3) is 0 Å². The molecule has 0 spiro atoms. The van der Waals surface area contributed by atoms with Gasteiger partial charge in [0, 0.05) is 5.92 Å². The third-order valence-corrected chi connectivity index (χ3v) is 2.17. The van der Waals surface area contributed by atoms with Gasteiger partial charge >= 0.3 is 0 Å². The third-order valence-electron chi connectivity index (χ3n) is 1.30. The summed E-state index contributed by atoms with van der Waals surface area (Å²) in [6, 6.07) is 0. The van der Waals surface area contributed by atoms with E-state index in [1.165, 1.54) is 0 Å². The smallest absolute Gasteiger partial charge is 0.101 e.